The number of anilines is 1. The van der Waals surface area contributed by atoms with Crippen molar-refractivity contribution in [2.24, 2.45) is 0 Å². The van der Waals surface area contributed by atoms with Gasteiger partial charge in [0.25, 0.3) is 0 Å². The summed E-state index contributed by atoms with van der Waals surface area (Å²) in [6, 6.07) is 10.8. The molecule has 2 aromatic rings. The molecule has 0 fully saturated rings. The zero-order valence-electron chi connectivity index (χ0n) is 14.6. The highest BCUT2D eigenvalue weighted by Gasteiger charge is 2.18. The minimum absolute atomic E-state index is 0.136. The van der Waals surface area contributed by atoms with Crippen LogP contribution >= 0.6 is 23.4 Å². The van der Waals surface area contributed by atoms with Crippen molar-refractivity contribution in [1.82, 2.24) is 0 Å². The molecule has 1 unspecified atom stereocenters. The van der Waals surface area contributed by atoms with Gasteiger partial charge < -0.3 is 19.5 Å². The molecule has 138 valence electrons. The van der Waals surface area contributed by atoms with Crippen LogP contribution in [0.1, 0.15) is 13.3 Å². The molecule has 0 radical (unpaired) electrons. The lowest BCUT2D eigenvalue weighted by Gasteiger charge is -2.15. The molecule has 0 aromatic heterocycles. The minimum Gasteiger partial charge on any atom is -0.495 e. The molecule has 1 atom stereocenters. The number of hydrogen-bond donors (Lipinski definition) is 1. The van der Waals surface area contributed by atoms with Crippen LogP contribution < -0.4 is 19.5 Å². The molecule has 2 aromatic carbocycles. The maximum Gasteiger partial charge on any atom is 0.237 e. The molecule has 7 heteroatoms. The Hall–Kier alpha value is -2.05. The summed E-state index contributed by atoms with van der Waals surface area (Å²) in [6.45, 7) is 3.13. The highest BCUT2D eigenvalue weighted by atomic mass is 35.5. The maximum absolute atomic E-state index is 12.6. The van der Waals surface area contributed by atoms with E-state index in [9.17, 15) is 4.79 Å². The molecule has 5 nitrogen and oxygen atoms in total. The van der Waals surface area contributed by atoms with E-state index >= 15 is 0 Å². The molecule has 0 saturated heterocycles. The number of halogens is 1. The van der Waals surface area contributed by atoms with Crippen LogP contribution in [0.3, 0.4) is 0 Å². The second-order valence-corrected chi connectivity index (χ2v) is 7.60. The first-order chi connectivity index (χ1) is 12.6. The van der Waals surface area contributed by atoms with Crippen LogP contribution in [-0.2, 0) is 4.79 Å². The van der Waals surface area contributed by atoms with Gasteiger partial charge in [-0.25, -0.2) is 0 Å². The highest BCUT2D eigenvalue weighted by Crippen LogP contribution is 2.36. The van der Waals surface area contributed by atoms with Crippen molar-refractivity contribution in [3.8, 4) is 17.2 Å². The summed E-state index contributed by atoms with van der Waals surface area (Å²) in [6.07, 6.45) is 0.859. The fraction of sp³-hybridized carbons (Fsp3) is 0.316. The third-order valence-corrected chi connectivity index (χ3v) is 5.15. The van der Waals surface area contributed by atoms with Crippen LogP contribution in [0.5, 0.6) is 17.2 Å². The van der Waals surface area contributed by atoms with Crippen molar-refractivity contribution >= 4 is 35.0 Å². The summed E-state index contributed by atoms with van der Waals surface area (Å²) in [7, 11) is 1.55. The fourth-order valence-corrected chi connectivity index (χ4v) is 3.55. The third-order valence-electron chi connectivity index (χ3n) is 3.82. The second kappa shape index (κ2) is 8.56. The van der Waals surface area contributed by atoms with Crippen LogP contribution in [0.25, 0.3) is 0 Å². The molecule has 1 heterocycles. The second-order valence-electron chi connectivity index (χ2n) is 5.75. The monoisotopic (exact) mass is 393 g/mol. The zero-order valence-corrected chi connectivity index (χ0v) is 16.2. The van der Waals surface area contributed by atoms with Gasteiger partial charge in [0.05, 0.1) is 31.3 Å². The van der Waals surface area contributed by atoms with Gasteiger partial charge in [0, 0.05) is 16.3 Å². The average Bonchev–Trinajstić information content (AvgIpc) is 2.86. The number of methoxy groups -OCH3 is 1. The van der Waals surface area contributed by atoms with Gasteiger partial charge in [-0.2, -0.15) is 0 Å². The highest BCUT2D eigenvalue weighted by molar-refractivity contribution is 8.00. The summed E-state index contributed by atoms with van der Waals surface area (Å²) in [4.78, 5) is 13.5. The van der Waals surface area contributed by atoms with E-state index in [1.54, 1.807) is 25.3 Å². The molecule has 3 rings (SSSR count). The Kier molecular flexibility index (Phi) is 6.16. The van der Waals surface area contributed by atoms with E-state index in [0.29, 0.717) is 29.7 Å². The smallest absolute Gasteiger partial charge is 0.237 e. The van der Waals surface area contributed by atoms with E-state index in [0.717, 1.165) is 22.8 Å². The number of benzene rings is 2. The van der Waals surface area contributed by atoms with Crippen molar-refractivity contribution in [2.45, 2.75) is 23.5 Å². The van der Waals surface area contributed by atoms with Gasteiger partial charge in [-0.1, -0.05) is 11.6 Å². The first-order valence-electron chi connectivity index (χ1n) is 8.27. The zero-order chi connectivity index (χ0) is 18.5. The van der Waals surface area contributed by atoms with Gasteiger partial charge in [-0.15, -0.1) is 11.8 Å². The first-order valence-corrected chi connectivity index (χ1v) is 9.53. The van der Waals surface area contributed by atoms with Gasteiger partial charge in [-0.05, 0) is 43.3 Å². The number of hydrogen-bond acceptors (Lipinski definition) is 5. The average molecular weight is 394 g/mol. The van der Waals surface area contributed by atoms with E-state index in [4.69, 9.17) is 25.8 Å². The molecule has 0 aliphatic carbocycles. The third kappa shape index (κ3) is 4.56. The molecular formula is C19H20ClNO4S. The van der Waals surface area contributed by atoms with E-state index in [2.05, 4.69) is 5.32 Å². The molecule has 0 bridgehead atoms. The van der Waals surface area contributed by atoms with Crippen molar-refractivity contribution in [3.63, 3.8) is 0 Å². The molecular weight excluding hydrogens is 374 g/mol. The lowest BCUT2D eigenvalue weighted by atomic mass is 10.3. The number of thioether (sulfide) groups is 1. The number of nitrogens with one attached hydrogen (secondary N) is 1. The number of fused-ring (bicyclic) bond motifs is 1. The molecule has 1 aliphatic heterocycles. The Morgan fingerprint density at radius 3 is 2.73 bits per heavy atom. The van der Waals surface area contributed by atoms with E-state index in [-0.39, 0.29) is 11.2 Å². The van der Waals surface area contributed by atoms with Crippen LogP contribution in [0.4, 0.5) is 5.69 Å². The number of amides is 1. The van der Waals surface area contributed by atoms with Crippen molar-refractivity contribution in [3.05, 3.63) is 41.4 Å². The number of ether oxygens (including phenoxy) is 3. The standard InChI is InChI=1S/C19H20ClNO4S/c1-12(19(22)21-15-10-13(20)4-6-16(15)23-2)26-14-5-7-17-18(11-14)25-9-3-8-24-17/h4-7,10-12H,3,8-9H2,1-2H3,(H,21,22). The normalized spacial score (nSPS) is 14.3. The lowest BCUT2D eigenvalue weighted by molar-refractivity contribution is -0.115. The topological polar surface area (TPSA) is 56.8 Å². The first kappa shape index (κ1) is 18.7. The Balaban J connectivity index is 1.68. The van der Waals surface area contributed by atoms with E-state index in [1.165, 1.54) is 11.8 Å². The molecule has 1 N–H and O–H groups in total. The van der Waals surface area contributed by atoms with Crippen molar-refractivity contribution in [1.29, 1.82) is 0 Å². The summed E-state index contributed by atoms with van der Waals surface area (Å²) in [5.74, 6) is 1.89. The quantitative estimate of drug-likeness (QED) is 0.750. The van der Waals surface area contributed by atoms with Gasteiger partial charge >= 0.3 is 0 Å². The largest absolute Gasteiger partial charge is 0.495 e. The van der Waals surface area contributed by atoms with Crippen LogP contribution in [-0.4, -0.2) is 31.5 Å². The number of rotatable bonds is 5. The molecule has 1 amide bonds. The van der Waals surface area contributed by atoms with Crippen molar-refractivity contribution < 1.29 is 19.0 Å². The van der Waals surface area contributed by atoms with Crippen LogP contribution in [0.2, 0.25) is 5.02 Å². The Morgan fingerprint density at radius 2 is 1.96 bits per heavy atom. The number of carbonyl (C=O) groups is 1. The molecule has 0 spiro atoms. The Bertz CT molecular complexity index is 799. The van der Waals surface area contributed by atoms with Crippen LogP contribution in [0.15, 0.2) is 41.3 Å². The molecule has 26 heavy (non-hydrogen) atoms. The minimum atomic E-state index is -0.316. The SMILES string of the molecule is COc1ccc(Cl)cc1NC(=O)C(C)Sc1ccc2c(c1)OCCCO2. The van der Waals surface area contributed by atoms with Gasteiger partial charge in [0.2, 0.25) is 5.91 Å². The lowest BCUT2D eigenvalue weighted by Crippen LogP contribution is -2.22. The predicted octanol–water partition coefficient (Wildman–Crippen LogP) is 4.63. The van der Waals surface area contributed by atoms with Gasteiger partial charge in [-0.3, -0.25) is 4.79 Å². The molecule has 0 saturated carbocycles. The van der Waals surface area contributed by atoms with Crippen molar-refractivity contribution in [2.75, 3.05) is 25.6 Å². The summed E-state index contributed by atoms with van der Waals surface area (Å²) in [5.41, 5.74) is 0.552. The summed E-state index contributed by atoms with van der Waals surface area (Å²) >= 11 is 7.46. The maximum atomic E-state index is 12.6. The predicted molar refractivity (Wildman–Crippen MR) is 104 cm³/mol. The summed E-state index contributed by atoms with van der Waals surface area (Å²) in [5, 5.41) is 3.08. The van der Waals surface area contributed by atoms with Gasteiger partial charge in [0.1, 0.15) is 5.75 Å². The fourth-order valence-electron chi connectivity index (χ4n) is 2.49. The Morgan fingerprint density at radius 1 is 1.19 bits per heavy atom. The number of carbonyl (C=O) groups excluding carboxylic acids is 1. The summed E-state index contributed by atoms with van der Waals surface area (Å²) < 4.78 is 16.6. The Labute approximate surface area is 162 Å². The van der Waals surface area contributed by atoms with Crippen LogP contribution in [0, 0.1) is 0 Å². The van der Waals surface area contributed by atoms with Gasteiger partial charge in [0.15, 0.2) is 11.5 Å². The van der Waals surface area contributed by atoms with E-state index in [1.807, 2.05) is 25.1 Å². The molecule has 1 aliphatic rings. The van der Waals surface area contributed by atoms with E-state index < -0.39 is 0 Å².